The Balaban J connectivity index is 0. The number of aldehydes is 1. The van der Waals surface area contributed by atoms with E-state index in [-0.39, 0.29) is 28.5 Å². The Hall–Kier alpha value is -0.662. The normalized spacial score (nSPS) is 10.8. The van der Waals surface area contributed by atoms with Gasteiger partial charge in [-0.05, 0) is 31.9 Å². The molecule has 0 atom stereocenters. The second-order valence-electron chi connectivity index (χ2n) is 3.82. The first-order chi connectivity index (χ1) is 7.72. The van der Waals surface area contributed by atoms with Gasteiger partial charge in [0.05, 0.1) is 0 Å². The summed E-state index contributed by atoms with van der Waals surface area (Å²) in [4.78, 5) is 10.5. The van der Waals surface area contributed by atoms with Crippen LogP contribution in [0.2, 0.25) is 0 Å². The largest absolute Gasteiger partial charge is 0.684 e. The van der Waals surface area contributed by atoms with Crippen molar-refractivity contribution in [1.29, 1.82) is 0 Å². The molecule has 0 spiro atoms. The summed E-state index contributed by atoms with van der Waals surface area (Å²) in [5, 5.41) is 12.2. The third kappa shape index (κ3) is 5.32. The molecule has 1 aromatic carbocycles. The van der Waals surface area contributed by atoms with Crippen molar-refractivity contribution in [3.05, 3.63) is 41.6 Å². The van der Waals surface area contributed by atoms with Gasteiger partial charge in [-0.1, -0.05) is 18.1 Å². The van der Waals surface area contributed by atoms with E-state index >= 15 is 0 Å². The van der Waals surface area contributed by atoms with Crippen molar-refractivity contribution in [1.82, 2.24) is 0 Å². The van der Waals surface area contributed by atoms with Gasteiger partial charge < -0.3 is 17.8 Å². The molecule has 1 N–H and O–H groups in total. The Bertz CT molecular complexity index is 365. The summed E-state index contributed by atoms with van der Waals surface area (Å²) < 4.78 is 0. The summed E-state index contributed by atoms with van der Waals surface area (Å²) in [6, 6.07) is 3.83. The van der Waals surface area contributed by atoms with E-state index in [0.29, 0.717) is 6.61 Å². The van der Waals surface area contributed by atoms with E-state index < -0.39 is 0 Å². The molecular formula is C14H21NO2W-2. The molecule has 1 aliphatic heterocycles. The average molecular weight is 419 g/mol. The van der Waals surface area contributed by atoms with E-state index in [9.17, 15) is 4.79 Å². The van der Waals surface area contributed by atoms with E-state index in [0.717, 1.165) is 42.5 Å². The number of aryl methyl sites for hydroxylation is 1. The van der Waals surface area contributed by atoms with E-state index in [1.165, 1.54) is 5.56 Å². The standard InChI is InChI=1S/C10H11NO.C3H8O.CH3.W/c1-7-4-8(6-12)5-9-2-3-11-10(7)9;1-2-3-4;;/h4-6H,2-3H2,1H3,(H,11,12);4H,2-3H2,1H3;1H3;/q;;-1;/p-1. The number of fused-ring (bicyclic) bond motifs is 1. The smallest absolute Gasteiger partial charge is 0.150 e. The fourth-order valence-corrected chi connectivity index (χ4v) is 1.66. The molecule has 1 aromatic rings. The maximum absolute atomic E-state index is 10.5. The van der Waals surface area contributed by atoms with Crippen LogP contribution in [0.5, 0.6) is 0 Å². The Labute approximate surface area is 124 Å². The molecule has 0 saturated carbocycles. The van der Waals surface area contributed by atoms with Crippen LogP contribution in [0.3, 0.4) is 0 Å². The first-order valence-corrected chi connectivity index (χ1v) is 5.60. The van der Waals surface area contributed by atoms with Gasteiger partial charge in [0.2, 0.25) is 0 Å². The number of aliphatic hydroxyl groups is 1. The number of carbonyl (C=O) groups excluding carboxylic acids is 1. The summed E-state index contributed by atoms with van der Waals surface area (Å²) in [6.45, 7) is 5.12. The van der Waals surface area contributed by atoms with Gasteiger partial charge in [-0.25, -0.2) is 0 Å². The maximum atomic E-state index is 10.5. The molecule has 4 heteroatoms. The summed E-state index contributed by atoms with van der Waals surface area (Å²) in [5.41, 5.74) is 4.20. The molecule has 0 amide bonds. The molecule has 0 radical (unpaired) electrons. The Morgan fingerprint density at radius 2 is 2.06 bits per heavy atom. The van der Waals surface area contributed by atoms with Crippen LogP contribution in [-0.4, -0.2) is 24.5 Å². The molecule has 0 saturated heterocycles. The first kappa shape index (κ1) is 19.7. The molecule has 3 nitrogen and oxygen atoms in total. The summed E-state index contributed by atoms with van der Waals surface area (Å²) in [6.07, 6.45) is 2.75. The van der Waals surface area contributed by atoms with Gasteiger partial charge in [0, 0.05) is 33.2 Å². The Morgan fingerprint density at radius 1 is 1.44 bits per heavy atom. The van der Waals surface area contributed by atoms with E-state index in [1.807, 2.05) is 26.0 Å². The van der Waals surface area contributed by atoms with Crippen LogP contribution >= 0.6 is 0 Å². The van der Waals surface area contributed by atoms with Crippen LogP contribution in [0.15, 0.2) is 12.1 Å². The zero-order valence-corrected chi connectivity index (χ0v) is 14.2. The molecular weight excluding hydrogens is 398 g/mol. The Morgan fingerprint density at radius 3 is 2.56 bits per heavy atom. The van der Waals surface area contributed by atoms with Gasteiger partial charge in [0.1, 0.15) is 6.29 Å². The molecule has 0 fully saturated rings. The van der Waals surface area contributed by atoms with Gasteiger partial charge in [-0.15, -0.1) is 12.2 Å². The van der Waals surface area contributed by atoms with Crippen LogP contribution in [0.4, 0.5) is 5.69 Å². The van der Waals surface area contributed by atoms with E-state index in [1.54, 1.807) is 0 Å². The van der Waals surface area contributed by atoms with Crippen LogP contribution in [0.25, 0.3) is 5.32 Å². The summed E-state index contributed by atoms with van der Waals surface area (Å²) in [7, 11) is 0. The fraction of sp³-hybridized carbons (Fsp3) is 0.429. The molecule has 0 bridgehead atoms. The number of nitrogens with zero attached hydrogens (tertiary/aromatic N) is 1. The van der Waals surface area contributed by atoms with Gasteiger partial charge in [0.15, 0.2) is 0 Å². The van der Waals surface area contributed by atoms with Crippen LogP contribution in [0, 0.1) is 14.4 Å². The van der Waals surface area contributed by atoms with E-state index in [4.69, 9.17) is 5.11 Å². The number of hydrogen-bond donors (Lipinski definition) is 1. The first-order valence-electron chi connectivity index (χ1n) is 5.60. The monoisotopic (exact) mass is 419 g/mol. The minimum absolute atomic E-state index is 0. The molecule has 102 valence electrons. The predicted molar refractivity (Wildman–Crippen MR) is 71.9 cm³/mol. The molecule has 0 aliphatic carbocycles. The van der Waals surface area contributed by atoms with Crippen molar-refractivity contribution < 1.29 is 31.0 Å². The van der Waals surface area contributed by atoms with Crippen LogP contribution < -0.4 is 0 Å². The maximum Gasteiger partial charge on any atom is 0.150 e. The molecule has 0 aromatic heterocycles. The van der Waals surface area contributed by atoms with Crippen molar-refractivity contribution in [3.63, 3.8) is 0 Å². The number of benzene rings is 1. The molecule has 2 rings (SSSR count). The average Bonchev–Trinajstić information content (AvgIpc) is 2.78. The van der Waals surface area contributed by atoms with Crippen molar-refractivity contribution in [2.75, 3.05) is 13.2 Å². The molecule has 0 unspecified atom stereocenters. The van der Waals surface area contributed by atoms with Crippen molar-refractivity contribution in [3.8, 4) is 0 Å². The summed E-state index contributed by atoms with van der Waals surface area (Å²) >= 11 is 0. The Kier molecular flexibility index (Phi) is 11.2. The van der Waals surface area contributed by atoms with E-state index in [2.05, 4.69) is 5.32 Å². The van der Waals surface area contributed by atoms with Crippen molar-refractivity contribution in [2.24, 2.45) is 0 Å². The second kappa shape index (κ2) is 10.3. The van der Waals surface area contributed by atoms with Gasteiger partial charge >= 0.3 is 0 Å². The predicted octanol–water partition coefficient (Wildman–Crippen LogP) is 3.21. The van der Waals surface area contributed by atoms with Gasteiger partial charge in [-0.3, -0.25) is 4.79 Å². The zero-order chi connectivity index (χ0) is 12.0. The number of hydrogen-bond acceptors (Lipinski definition) is 2. The molecule has 1 aliphatic rings. The molecule has 1 heterocycles. The number of carbonyl (C=O) groups is 1. The molecule has 18 heavy (non-hydrogen) atoms. The minimum atomic E-state index is 0. The SMILES string of the molecule is CCCO.Cc1cc(C=O)cc2c1[N-]CC2.[CH3-].[W]. The third-order valence-corrected chi connectivity index (χ3v) is 2.41. The van der Waals surface area contributed by atoms with Gasteiger partial charge in [-0.2, -0.15) is 0 Å². The van der Waals surface area contributed by atoms with Crippen LogP contribution in [0.1, 0.15) is 34.8 Å². The quantitative estimate of drug-likeness (QED) is 0.592. The number of aliphatic hydroxyl groups excluding tert-OH is 1. The zero-order valence-electron chi connectivity index (χ0n) is 11.3. The summed E-state index contributed by atoms with van der Waals surface area (Å²) in [5.74, 6) is 0. The topological polar surface area (TPSA) is 51.4 Å². The van der Waals surface area contributed by atoms with Crippen molar-refractivity contribution >= 4 is 12.0 Å². The number of rotatable bonds is 2. The minimum Gasteiger partial charge on any atom is -0.684 e. The third-order valence-electron chi connectivity index (χ3n) is 2.41. The second-order valence-corrected chi connectivity index (χ2v) is 3.82. The van der Waals surface area contributed by atoms with Crippen molar-refractivity contribution in [2.45, 2.75) is 26.7 Å². The van der Waals surface area contributed by atoms with Gasteiger partial charge in [0.25, 0.3) is 0 Å². The fourth-order valence-electron chi connectivity index (χ4n) is 1.66. The van der Waals surface area contributed by atoms with Crippen LogP contribution in [-0.2, 0) is 27.5 Å².